The molecule has 1 aliphatic rings. The molecule has 0 spiro atoms. The van der Waals surface area contributed by atoms with E-state index in [2.05, 4.69) is 11.6 Å². The van der Waals surface area contributed by atoms with Gasteiger partial charge in [-0.2, -0.15) is 0 Å². The van der Waals surface area contributed by atoms with Gasteiger partial charge in [0.05, 0.1) is 27.2 Å². The van der Waals surface area contributed by atoms with Gasteiger partial charge >= 0.3 is 0 Å². The van der Waals surface area contributed by atoms with Crippen molar-refractivity contribution in [1.29, 1.82) is 0 Å². The number of nitrogens with zero attached hydrogens (tertiary/aromatic N) is 3. The topological polar surface area (TPSA) is 83.0 Å². The molecule has 0 fully saturated rings. The Morgan fingerprint density at radius 1 is 1.31 bits per heavy atom. The van der Waals surface area contributed by atoms with E-state index in [1.807, 2.05) is 38.1 Å². The summed E-state index contributed by atoms with van der Waals surface area (Å²) in [5.74, 6) is -0.705. The van der Waals surface area contributed by atoms with Crippen LogP contribution in [0.1, 0.15) is 38.4 Å². The lowest BCUT2D eigenvalue weighted by atomic mass is 9.95. The van der Waals surface area contributed by atoms with Crippen molar-refractivity contribution in [2.24, 2.45) is 0 Å². The minimum absolute atomic E-state index is 0.103. The second kappa shape index (κ2) is 10.1. The molecule has 0 saturated carbocycles. The average molecular weight is 456 g/mol. The standard InChI is InChI=1S/C24H29N3O4S/c1-6-14-31-18-10-8-17(9-11-18)20-19(21(28)23-15(2)25-16(3)32-23)22(29)24(30)27(20)13-7-12-26(4)5/h6,8-11,20,29H,1,7,12-14H2,2-5H3. The monoisotopic (exact) mass is 455 g/mol. The summed E-state index contributed by atoms with van der Waals surface area (Å²) in [6.45, 7) is 8.81. The highest BCUT2D eigenvalue weighted by atomic mass is 32.1. The van der Waals surface area contributed by atoms with Crippen molar-refractivity contribution >= 4 is 23.0 Å². The van der Waals surface area contributed by atoms with Gasteiger partial charge < -0.3 is 19.6 Å². The number of aromatic nitrogens is 1. The smallest absolute Gasteiger partial charge is 0.290 e. The van der Waals surface area contributed by atoms with Crippen LogP contribution < -0.4 is 4.74 Å². The number of carbonyl (C=O) groups excluding carboxylic acids is 2. The Morgan fingerprint density at radius 2 is 2.00 bits per heavy atom. The number of hydrogen-bond donors (Lipinski definition) is 1. The highest BCUT2D eigenvalue weighted by Crippen LogP contribution is 2.40. The van der Waals surface area contributed by atoms with Crippen LogP contribution in [-0.4, -0.2) is 65.4 Å². The van der Waals surface area contributed by atoms with Gasteiger partial charge in [0.1, 0.15) is 12.4 Å². The number of hydrogen-bond acceptors (Lipinski definition) is 7. The first-order valence-electron chi connectivity index (χ1n) is 10.5. The molecule has 2 aromatic rings. The number of aliphatic hydroxyl groups is 1. The van der Waals surface area contributed by atoms with Crippen molar-refractivity contribution in [1.82, 2.24) is 14.8 Å². The van der Waals surface area contributed by atoms with Crippen LogP contribution in [-0.2, 0) is 4.79 Å². The number of benzene rings is 1. The van der Waals surface area contributed by atoms with Crippen LogP contribution in [0.4, 0.5) is 0 Å². The molecule has 170 valence electrons. The van der Waals surface area contributed by atoms with Crippen LogP contribution in [0, 0.1) is 13.8 Å². The number of aryl methyl sites for hydroxylation is 2. The van der Waals surface area contributed by atoms with Crippen LogP contribution in [0.5, 0.6) is 5.75 Å². The molecule has 0 aliphatic carbocycles. The molecule has 7 nitrogen and oxygen atoms in total. The third-order valence-electron chi connectivity index (χ3n) is 5.23. The number of rotatable bonds is 10. The predicted octanol–water partition coefficient (Wildman–Crippen LogP) is 3.85. The molecular formula is C24H29N3O4S. The minimum atomic E-state index is -0.674. The quantitative estimate of drug-likeness (QED) is 0.433. The average Bonchev–Trinajstić information content (AvgIpc) is 3.22. The van der Waals surface area contributed by atoms with Crippen molar-refractivity contribution in [3.8, 4) is 5.75 Å². The first-order valence-corrected chi connectivity index (χ1v) is 11.3. The Hall–Kier alpha value is -2.97. The highest BCUT2D eigenvalue weighted by molar-refractivity contribution is 7.14. The van der Waals surface area contributed by atoms with Gasteiger partial charge in [-0.15, -0.1) is 11.3 Å². The second-order valence-corrected chi connectivity index (χ2v) is 9.17. The minimum Gasteiger partial charge on any atom is -0.503 e. The molecule has 1 aromatic heterocycles. The van der Waals surface area contributed by atoms with Crippen LogP contribution in [0.15, 0.2) is 48.3 Å². The van der Waals surface area contributed by atoms with Crippen LogP contribution >= 0.6 is 11.3 Å². The molecule has 1 aliphatic heterocycles. The second-order valence-electron chi connectivity index (χ2n) is 7.97. The summed E-state index contributed by atoms with van der Waals surface area (Å²) in [5, 5.41) is 11.5. The fourth-order valence-electron chi connectivity index (χ4n) is 3.79. The van der Waals surface area contributed by atoms with E-state index in [4.69, 9.17) is 4.74 Å². The van der Waals surface area contributed by atoms with E-state index in [-0.39, 0.29) is 11.4 Å². The summed E-state index contributed by atoms with van der Waals surface area (Å²) in [4.78, 5) is 34.9. The van der Waals surface area contributed by atoms with E-state index in [0.717, 1.165) is 17.1 Å². The van der Waals surface area contributed by atoms with E-state index in [1.54, 1.807) is 30.0 Å². The fourth-order valence-corrected chi connectivity index (χ4v) is 4.66. The van der Waals surface area contributed by atoms with Crippen LogP contribution in [0.2, 0.25) is 0 Å². The van der Waals surface area contributed by atoms with E-state index >= 15 is 0 Å². The third-order valence-corrected chi connectivity index (χ3v) is 6.30. The van der Waals surface area contributed by atoms with Gasteiger partial charge in [-0.3, -0.25) is 9.59 Å². The molecule has 3 rings (SSSR count). The molecule has 0 radical (unpaired) electrons. The third kappa shape index (κ3) is 4.92. The molecule has 1 unspecified atom stereocenters. The SMILES string of the molecule is C=CCOc1ccc(C2C(C(=O)c3sc(C)nc3C)=C(O)C(=O)N2CCCN(C)C)cc1. The highest BCUT2D eigenvalue weighted by Gasteiger charge is 2.44. The zero-order valence-electron chi connectivity index (χ0n) is 18.9. The number of Topliss-reactive ketones (excluding diaryl/α,β-unsaturated/α-hetero) is 1. The Morgan fingerprint density at radius 3 is 2.56 bits per heavy atom. The molecule has 1 N–H and O–H groups in total. The number of aliphatic hydroxyl groups excluding tert-OH is 1. The zero-order chi connectivity index (χ0) is 23.4. The Balaban J connectivity index is 2.00. The normalized spacial score (nSPS) is 16.2. The fraction of sp³-hybridized carbons (Fsp3) is 0.375. The van der Waals surface area contributed by atoms with Crippen molar-refractivity contribution in [2.45, 2.75) is 26.3 Å². The molecular weight excluding hydrogens is 426 g/mol. The van der Waals surface area contributed by atoms with Gasteiger partial charge in [0.2, 0.25) is 5.78 Å². The lowest BCUT2D eigenvalue weighted by Crippen LogP contribution is -2.33. The molecule has 1 atom stereocenters. The molecule has 2 heterocycles. The molecule has 0 saturated heterocycles. The van der Waals surface area contributed by atoms with Crippen LogP contribution in [0.25, 0.3) is 0 Å². The van der Waals surface area contributed by atoms with Gasteiger partial charge in [-0.1, -0.05) is 24.8 Å². The number of amides is 1. The summed E-state index contributed by atoms with van der Waals surface area (Å²) in [5.41, 5.74) is 1.44. The maximum atomic E-state index is 13.5. The van der Waals surface area contributed by atoms with Crippen molar-refractivity contribution in [2.75, 3.05) is 33.8 Å². The number of thiazole rings is 1. The molecule has 8 heteroatoms. The van der Waals surface area contributed by atoms with Gasteiger partial charge in [-0.25, -0.2) is 4.98 Å². The molecule has 1 aromatic carbocycles. The number of ether oxygens (including phenoxy) is 1. The van der Waals surface area contributed by atoms with Crippen molar-refractivity contribution in [3.63, 3.8) is 0 Å². The van der Waals surface area contributed by atoms with Gasteiger partial charge in [0, 0.05) is 6.54 Å². The van der Waals surface area contributed by atoms with Gasteiger partial charge in [0.15, 0.2) is 5.76 Å². The van der Waals surface area contributed by atoms with Crippen LogP contribution in [0.3, 0.4) is 0 Å². The molecule has 0 bridgehead atoms. The summed E-state index contributed by atoms with van der Waals surface area (Å²) in [6, 6.07) is 6.56. The predicted molar refractivity (Wildman–Crippen MR) is 125 cm³/mol. The summed E-state index contributed by atoms with van der Waals surface area (Å²) in [7, 11) is 3.93. The zero-order valence-corrected chi connectivity index (χ0v) is 19.7. The Labute approximate surface area is 192 Å². The maximum absolute atomic E-state index is 13.5. The van der Waals surface area contributed by atoms with Crippen molar-refractivity contribution in [3.05, 3.63) is 69.4 Å². The largest absolute Gasteiger partial charge is 0.503 e. The lowest BCUT2D eigenvalue weighted by molar-refractivity contribution is -0.129. The summed E-state index contributed by atoms with van der Waals surface area (Å²) in [6.07, 6.45) is 2.37. The molecule has 32 heavy (non-hydrogen) atoms. The Bertz CT molecular complexity index is 1040. The number of carbonyl (C=O) groups is 2. The summed E-state index contributed by atoms with van der Waals surface area (Å²) < 4.78 is 5.56. The number of ketones is 1. The Kier molecular flexibility index (Phi) is 7.48. The van der Waals surface area contributed by atoms with E-state index in [1.165, 1.54) is 11.3 Å². The van der Waals surface area contributed by atoms with E-state index in [9.17, 15) is 14.7 Å². The maximum Gasteiger partial charge on any atom is 0.290 e. The van der Waals surface area contributed by atoms with Gasteiger partial charge in [0.25, 0.3) is 5.91 Å². The van der Waals surface area contributed by atoms with Crippen molar-refractivity contribution < 1.29 is 19.4 Å². The molecule has 1 amide bonds. The lowest BCUT2D eigenvalue weighted by Gasteiger charge is -2.27. The van der Waals surface area contributed by atoms with Gasteiger partial charge in [-0.05, 0) is 58.6 Å². The first-order chi connectivity index (χ1) is 15.2. The van der Waals surface area contributed by atoms with E-state index < -0.39 is 17.7 Å². The van der Waals surface area contributed by atoms with E-state index in [0.29, 0.717) is 35.9 Å². The first kappa shape index (κ1) is 23.7. The summed E-state index contributed by atoms with van der Waals surface area (Å²) >= 11 is 1.27.